The van der Waals surface area contributed by atoms with E-state index in [0.29, 0.717) is 27.9 Å². The molecule has 0 spiro atoms. The second kappa shape index (κ2) is 6.49. The van der Waals surface area contributed by atoms with Gasteiger partial charge in [-0.1, -0.05) is 0 Å². The summed E-state index contributed by atoms with van der Waals surface area (Å²) in [5, 5.41) is 11.2. The molecule has 2 heterocycles. The summed E-state index contributed by atoms with van der Waals surface area (Å²) in [4.78, 5) is 0. The van der Waals surface area contributed by atoms with Crippen molar-refractivity contribution in [1.29, 1.82) is 0 Å². The van der Waals surface area contributed by atoms with Gasteiger partial charge in [0.1, 0.15) is 0 Å². The first-order chi connectivity index (χ1) is 11.2. The number of nitrogens with one attached hydrogen (secondary N) is 1. The van der Waals surface area contributed by atoms with Gasteiger partial charge in [-0.2, -0.15) is 9.78 Å². The van der Waals surface area contributed by atoms with E-state index < -0.39 is 0 Å². The van der Waals surface area contributed by atoms with Crippen LogP contribution in [0.15, 0.2) is 46.1 Å². The number of H-pyrrole nitrogens is 1. The number of hydrogen-bond acceptors (Lipinski definition) is 6. The maximum atomic E-state index is 5.33. The van der Waals surface area contributed by atoms with Gasteiger partial charge in [0.05, 0.1) is 26.7 Å². The van der Waals surface area contributed by atoms with Gasteiger partial charge < -0.3 is 13.9 Å². The molecule has 3 aromatic rings. The summed E-state index contributed by atoms with van der Waals surface area (Å²) in [5.74, 6) is 2.35. The number of ether oxygens (including phenoxy) is 2. The van der Waals surface area contributed by atoms with Crippen molar-refractivity contribution in [3.8, 4) is 23.1 Å². The van der Waals surface area contributed by atoms with Gasteiger partial charge in [0.25, 0.3) is 0 Å². The van der Waals surface area contributed by atoms with Crippen LogP contribution >= 0.6 is 12.2 Å². The maximum absolute atomic E-state index is 5.33. The van der Waals surface area contributed by atoms with Gasteiger partial charge in [0.2, 0.25) is 10.6 Å². The van der Waals surface area contributed by atoms with Gasteiger partial charge >= 0.3 is 0 Å². The van der Waals surface area contributed by atoms with Crippen molar-refractivity contribution in [3.05, 3.63) is 46.9 Å². The third-order valence-corrected chi connectivity index (χ3v) is 3.39. The molecular weight excluding hydrogens is 316 g/mol. The molecule has 8 heteroatoms. The summed E-state index contributed by atoms with van der Waals surface area (Å²) in [6.07, 6.45) is 3.22. The Kier molecular flexibility index (Phi) is 4.24. The molecule has 0 aliphatic carbocycles. The van der Waals surface area contributed by atoms with Crippen LogP contribution in [0.1, 0.15) is 5.56 Å². The minimum absolute atomic E-state index is 0.369. The van der Waals surface area contributed by atoms with Crippen molar-refractivity contribution in [1.82, 2.24) is 14.9 Å². The van der Waals surface area contributed by atoms with Crippen LogP contribution in [0.25, 0.3) is 11.6 Å². The molecule has 3 rings (SSSR count). The van der Waals surface area contributed by atoms with E-state index in [0.717, 1.165) is 5.56 Å². The third kappa shape index (κ3) is 3.02. The van der Waals surface area contributed by atoms with E-state index in [9.17, 15) is 0 Å². The molecule has 0 unspecified atom stereocenters. The molecule has 0 radical (unpaired) electrons. The van der Waals surface area contributed by atoms with Gasteiger partial charge in [0, 0.05) is 0 Å². The zero-order valence-electron chi connectivity index (χ0n) is 12.5. The van der Waals surface area contributed by atoms with Crippen molar-refractivity contribution < 1.29 is 13.9 Å². The number of rotatable bonds is 5. The Hall–Kier alpha value is -2.87. The molecule has 0 amide bonds. The Balaban J connectivity index is 1.95. The average Bonchev–Trinajstić information content (AvgIpc) is 3.22. The van der Waals surface area contributed by atoms with E-state index in [1.165, 1.54) is 4.68 Å². The number of benzene rings is 1. The molecule has 2 aromatic heterocycles. The fraction of sp³-hybridized carbons (Fsp3) is 0.133. The number of methoxy groups -OCH3 is 2. The van der Waals surface area contributed by atoms with Gasteiger partial charge in [-0.25, -0.2) is 5.10 Å². The largest absolute Gasteiger partial charge is 0.493 e. The first-order valence-electron chi connectivity index (χ1n) is 6.70. The van der Waals surface area contributed by atoms with E-state index in [1.54, 1.807) is 38.8 Å². The second-order valence-electron chi connectivity index (χ2n) is 4.50. The Morgan fingerprint density at radius 1 is 1.26 bits per heavy atom. The van der Waals surface area contributed by atoms with Crippen molar-refractivity contribution in [2.24, 2.45) is 5.10 Å². The molecule has 1 aromatic carbocycles. The predicted molar refractivity (Wildman–Crippen MR) is 87.7 cm³/mol. The van der Waals surface area contributed by atoms with Gasteiger partial charge in [-0.05, 0) is 48.1 Å². The van der Waals surface area contributed by atoms with Gasteiger partial charge in [0.15, 0.2) is 17.3 Å². The van der Waals surface area contributed by atoms with Crippen LogP contribution in [-0.2, 0) is 0 Å². The van der Waals surface area contributed by atoms with Crippen LogP contribution in [0.3, 0.4) is 0 Å². The lowest BCUT2D eigenvalue weighted by Gasteiger charge is -2.07. The second-order valence-corrected chi connectivity index (χ2v) is 4.89. The number of aromatic nitrogens is 3. The summed E-state index contributed by atoms with van der Waals surface area (Å²) in [6.45, 7) is 0. The number of aromatic amines is 1. The van der Waals surface area contributed by atoms with E-state index in [4.69, 9.17) is 26.1 Å². The smallest absolute Gasteiger partial charge is 0.219 e. The summed E-state index contributed by atoms with van der Waals surface area (Å²) >= 11 is 5.20. The SMILES string of the molecule is COc1ccc(/C=N/n2c(-c3ccco3)n[nH]c2=S)cc1OC. The summed E-state index contributed by atoms with van der Waals surface area (Å²) in [5.41, 5.74) is 0.830. The van der Waals surface area contributed by atoms with Gasteiger partial charge in [-0.3, -0.25) is 0 Å². The molecule has 1 N–H and O–H groups in total. The number of furan rings is 1. The lowest BCUT2D eigenvalue weighted by molar-refractivity contribution is 0.355. The number of nitrogens with zero attached hydrogens (tertiary/aromatic N) is 3. The van der Waals surface area contributed by atoms with Crippen LogP contribution in [0.5, 0.6) is 11.5 Å². The van der Waals surface area contributed by atoms with Crippen LogP contribution in [0.2, 0.25) is 0 Å². The minimum atomic E-state index is 0.369. The maximum Gasteiger partial charge on any atom is 0.219 e. The Morgan fingerprint density at radius 3 is 2.78 bits per heavy atom. The zero-order valence-corrected chi connectivity index (χ0v) is 13.3. The highest BCUT2D eigenvalue weighted by Crippen LogP contribution is 2.27. The number of hydrogen-bond donors (Lipinski definition) is 1. The molecule has 0 aliphatic rings. The molecule has 0 bridgehead atoms. The standard InChI is InChI=1S/C15H14N4O3S/c1-20-11-6-5-10(8-13(11)21-2)9-16-19-14(17-18-15(19)23)12-4-3-7-22-12/h3-9H,1-2H3,(H,18,23)/b16-9+. The van der Waals surface area contributed by atoms with Crippen LogP contribution in [0.4, 0.5) is 0 Å². The highest BCUT2D eigenvalue weighted by molar-refractivity contribution is 7.71. The topological polar surface area (TPSA) is 77.6 Å². The zero-order chi connectivity index (χ0) is 16.2. The molecular formula is C15H14N4O3S. The average molecular weight is 330 g/mol. The molecule has 0 saturated heterocycles. The third-order valence-electron chi connectivity index (χ3n) is 3.12. The Bertz CT molecular complexity index is 881. The van der Waals surface area contributed by atoms with E-state index >= 15 is 0 Å². The molecule has 0 aliphatic heterocycles. The van der Waals surface area contributed by atoms with Crippen LogP contribution < -0.4 is 9.47 Å². The quantitative estimate of drug-likeness (QED) is 0.574. The van der Waals surface area contributed by atoms with Crippen molar-refractivity contribution >= 4 is 18.4 Å². The summed E-state index contributed by atoms with van der Waals surface area (Å²) in [6, 6.07) is 9.05. The molecule has 23 heavy (non-hydrogen) atoms. The van der Waals surface area contributed by atoms with E-state index in [-0.39, 0.29) is 0 Å². The monoisotopic (exact) mass is 330 g/mol. The van der Waals surface area contributed by atoms with Crippen LogP contribution in [-0.4, -0.2) is 35.3 Å². The lowest BCUT2D eigenvalue weighted by Crippen LogP contribution is -1.95. The van der Waals surface area contributed by atoms with Crippen molar-refractivity contribution in [2.75, 3.05) is 14.2 Å². The highest BCUT2D eigenvalue weighted by Gasteiger charge is 2.10. The fourth-order valence-corrected chi connectivity index (χ4v) is 2.20. The molecule has 7 nitrogen and oxygen atoms in total. The van der Waals surface area contributed by atoms with Gasteiger partial charge in [-0.15, -0.1) is 5.10 Å². The van der Waals surface area contributed by atoms with E-state index in [1.807, 2.05) is 18.2 Å². The van der Waals surface area contributed by atoms with Crippen LogP contribution in [0, 0.1) is 4.77 Å². The molecule has 118 valence electrons. The Morgan fingerprint density at radius 2 is 2.09 bits per heavy atom. The van der Waals surface area contributed by atoms with Crippen molar-refractivity contribution in [2.45, 2.75) is 0 Å². The minimum Gasteiger partial charge on any atom is -0.493 e. The summed E-state index contributed by atoms with van der Waals surface area (Å²) < 4.78 is 17.7. The molecule has 0 saturated carbocycles. The summed E-state index contributed by atoms with van der Waals surface area (Å²) in [7, 11) is 3.17. The normalized spacial score (nSPS) is 11.0. The lowest BCUT2D eigenvalue weighted by atomic mass is 10.2. The molecule has 0 fully saturated rings. The Labute approximate surface area is 137 Å². The first-order valence-corrected chi connectivity index (χ1v) is 7.11. The molecule has 0 atom stereocenters. The first kappa shape index (κ1) is 15.0. The van der Waals surface area contributed by atoms with E-state index in [2.05, 4.69) is 15.3 Å². The van der Waals surface area contributed by atoms with Crippen molar-refractivity contribution in [3.63, 3.8) is 0 Å². The predicted octanol–water partition coefficient (Wildman–Crippen LogP) is 3.10. The highest BCUT2D eigenvalue weighted by atomic mass is 32.1. The fourth-order valence-electron chi connectivity index (χ4n) is 2.02.